The van der Waals surface area contributed by atoms with E-state index in [4.69, 9.17) is 5.21 Å². The Kier molecular flexibility index (Phi) is 3.10. The summed E-state index contributed by atoms with van der Waals surface area (Å²) in [6.45, 7) is 1.98. The summed E-state index contributed by atoms with van der Waals surface area (Å²) in [5.74, 6) is 0. The summed E-state index contributed by atoms with van der Waals surface area (Å²) in [6.07, 6.45) is 5.03. The Morgan fingerprint density at radius 2 is 2.42 bits per heavy atom. The predicted molar refractivity (Wildman–Crippen MR) is 50.1 cm³/mol. The van der Waals surface area contributed by atoms with E-state index >= 15 is 0 Å². The summed E-state index contributed by atoms with van der Waals surface area (Å²) in [5, 5.41) is 12.2. The van der Waals surface area contributed by atoms with E-state index in [0.717, 1.165) is 16.2 Å². The first kappa shape index (κ1) is 9.06. The predicted octanol–water partition coefficient (Wildman–Crippen LogP) is 1.92. The van der Waals surface area contributed by atoms with Crippen molar-refractivity contribution in [3.05, 3.63) is 23.4 Å². The molecule has 0 aliphatic heterocycles. The van der Waals surface area contributed by atoms with E-state index in [9.17, 15) is 0 Å². The Bertz CT molecular complexity index is 299. The van der Waals surface area contributed by atoms with Gasteiger partial charge in [-0.25, -0.2) is 4.98 Å². The number of rotatable bonds is 2. The topological polar surface area (TPSA) is 45.5 Å². The third kappa shape index (κ3) is 1.98. The van der Waals surface area contributed by atoms with Gasteiger partial charge in [-0.2, -0.15) is 0 Å². The number of nitrogens with zero attached hydrogens (tertiary/aromatic N) is 2. The zero-order valence-electron chi connectivity index (χ0n) is 6.98. The fraction of sp³-hybridized carbons (Fsp3) is 0.250. The number of aryl methyl sites for hydroxylation is 1. The largest absolute Gasteiger partial charge is 0.411 e. The van der Waals surface area contributed by atoms with E-state index < -0.39 is 0 Å². The number of hydrogen-bond donors (Lipinski definition) is 1. The summed E-state index contributed by atoms with van der Waals surface area (Å²) in [7, 11) is 0. The van der Waals surface area contributed by atoms with Crippen LogP contribution in [0.1, 0.15) is 11.1 Å². The van der Waals surface area contributed by atoms with Crippen molar-refractivity contribution in [1.29, 1.82) is 0 Å². The lowest BCUT2D eigenvalue weighted by Gasteiger charge is -2.00. The quantitative estimate of drug-likeness (QED) is 0.329. The monoisotopic (exact) mass is 182 g/mol. The molecule has 0 aliphatic carbocycles. The molecule has 0 fully saturated rings. The molecule has 3 nitrogen and oxygen atoms in total. The smallest absolute Gasteiger partial charge is 0.0986 e. The fourth-order valence-corrected chi connectivity index (χ4v) is 1.47. The van der Waals surface area contributed by atoms with E-state index in [1.165, 1.54) is 6.21 Å². The van der Waals surface area contributed by atoms with E-state index in [0.29, 0.717) is 0 Å². The summed E-state index contributed by atoms with van der Waals surface area (Å²) in [4.78, 5) is 4.18. The molecule has 1 aromatic heterocycles. The van der Waals surface area contributed by atoms with Gasteiger partial charge in [-0.05, 0) is 24.8 Å². The van der Waals surface area contributed by atoms with Crippen LogP contribution in [0, 0.1) is 6.92 Å². The van der Waals surface area contributed by atoms with Gasteiger partial charge in [0.2, 0.25) is 0 Å². The molecule has 1 N–H and O–H groups in total. The van der Waals surface area contributed by atoms with Crippen LogP contribution in [-0.4, -0.2) is 22.7 Å². The van der Waals surface area contributed by atoms with Crippen molar-refractivity contribution in [3.63, 3.8) is 0 Å². The van der Waals surface area contributed by atoms with Gasteiger partial charge in [0.15, 0.2) is 0 Å². The molecule has 0 aromatic carbocycles. The molecule has 1 heterocycles. The first-order valence-corrected chi connectivity index (χ1v) is 4.68. The molecular weight excluding hydrogens is 172 g/mol. The summed E-state index contributed by atoms with van der Waals surface area (Å²) < 4.78 is 0. The molecule has 1 aromatic rings. The van der Waals surface area contributed by atoms with Crippen molar-refractivity contribution in [1.82, 2.24) is 4.98 Å². The molecule has 0 saturated carbocycles. The van der Waals surface area contributed by atoms with Crippen molar-refractivity contribution in [3.8, 4) is 0 Å². The molecule has 64 valence electrons. The number of oxime groups is 1. The minimum atomic E-state index is 0.813. The standard InChI is InChI=1S/C8H10N2OS/c1-6-3-7(5-10-11)4-9-8(6)12-2/h3-5,11H,1-2H3/b10-5-. The van der Waals surface area contributed by atoms with Crippen LogP contribution in [0.15, 0.2) is 22.4 Å². The Labute approximate surface area is 75.5 Å². The highest BCUT2D eigenvalue weighted by Crippen LogP contribution is 2.16. The Morgan fingerprint density at radius 1 is 1.67 bits per heavy atom. The average Bonchev–Trinajstić information content (AvgIpc) is 2.05. The van der Waals surface area contributed by atoms with Gasteiger partial charge in [0.1, 0.15) is 0 Å². The van der Waals surface area contributed by atoms with Crippen LogP contribution in [0.5, 0.6) is 0 Å². The summed E-state index contributed by atoms with van der Waals surface area (Å²) >= 11 is 1.60. The Balaban J connectivity index is 3.01. The Hall–Kier alpha value is -1.03. The van der Waals surface area contributed by atoms with Crippen LogP contribution < -0.4 is 0 Å². The molecule has 0 saturated heterocycles. The third-order valence-electron chi connectivity index (χ3n) is 1.45. The van der Waals surface area contributed by atoms with E-state index in [1.54, 1.807) is 18.0 Å². The van der Waals surface area contributed by atoms with Gasteiger partial charge in [0.05, 0.1) is 11.2 Å². The van der Waals surface area contributed by atoms with Crippen molar-refractivity contribution in [2.24, 2.45) is 5.16 Å². The van der Waals surface area contributed by atoms with Crippen LogP contribution >= 0.6 is 11.8 Å². The normalized spacial score (nSPS) is 10.8. The Morgan fingerprint density at radius 3 is 2.92 bits per heavy atom. The second kappa shape index (κ2) is 4.11. The molecule has 0 atom stereocenters. The fourth-order valence-electron chi connectivity index (χ4n) is 0.935. The van der Waals surface area contributed by atoms with Crippen molar-refractivity contribution in [2.75, 3.05) is 6.26 Å². The maximum Gasteiger partial charge on any atom is 0.0986 e. The van der Waals surface area contributed by atoms with Gasteiger partial charge < -0.3 is 5.21 Å². The maximum atomic E-state index is 8.27. The number of hydrogen-bond acceptors (Lipinski definition) is 4. The zero-order chi connectivity index (χ0) is 8.97. The molecule has 0 aliphatic rings. The minimum absolute atomic E-state index is 0.813. The highest BCUT2D eigenvalue weighted by molar-refractivity contribution is 7.98. The highest BCUT2D eigenvalue weighted by Gasteiger charge is 1.97. The molecule has 0 unspecified atom stereocenters. The summed E-state index contributed by atoms with van der Waals surface area (Å²) in [6, 6.07) is 1.93. The lowest BCUT2D eigenvalue weighted by Crippen LogP contribution is -1.89. The van der Waals surface area contributed by atoms with Crippen LogP contribution in [-0.2, 0) is 0 Å². The van der Waals surface area contributed by atoms with Crippen molar-refractivity contribution in [2.45, 2.75) is 11.9 Å². The van der Waals surface area contributed by atoms with Gasteiger partial charge in [-0.15, -0.1) is 11.8 Å². The van der Waals surface area contributed by atoms with Crippen molar-refractivity contribution >= 4 is 18.0 Å². The second-order valence-corrected chi connectivity index (χ2v) is 3.13. The SMILES string of the molecule is CSc1ncc(/C=N\O)cc1C. The van der Waals surface area contributed by atoms with Gasteiger partial charge in [-0.1, -0.05) is 5.16 Å². The van der Waals surface area contributed by atoms with Gasteiger partial charge in [-0.3, -0.25) is 0 Å². The van der Waals surface area contributed by atoms with Gasteiger partial charge >= 0.3 is 0 Å². The van der Waals surface area contributed by atoms with Crippen LogP contribution in [0.3, 0.4) is 0 Å². The van der Waals surface area contributed by atoms with E-state index in [1.807, 2.05) is 19.2 Å². The maximum absolute atomic E-state index is 8.27. The lowest BCUT2D eigenvalue weighted by molar-refractivity contribution is 0.322. The molecule has 0 amide bonds. The first-order chi connectivity index (χ1) is 5.77. The van der Waals surface area contributed by atoms with Crippen molar-refractivity contribution < 1.29 is 5.21 Å². The number of thioether (sulfide) groups is 1. The lowest BCUT2D eigenvalue weighted by atomic mass is 10.2. The van der Waals surface area contributed by atoms with E-state index in [2.05, 4.69) is 10.1 Å². The molecule has 0 radical (unpaired) electrons. The minimum Gasteiger partial charge on any atom is -0.411 e. The third-order valence-corrected chi connectivity index (χ3v) is 2.27. The zero-order valence-corrected chi connectivity index (χ0v) is 7.80. The number of aromatic nitrogens is 1. The summed E-state index contributed by atoms with van der Waals surface area (Å²) in [5.41, 5.74) is 1.91. The second-order valence-electron chi connectivity index (χ2n) is 2.34. The number of pyridine rings is 1. The van der Waals surface area contributed by atoms with Crippen LogP contribution in [0.2, 0.25) is 0 Å². The molecule has 12 heavy (non-hydrogen) atoms. The molecule has 0 bridgehead atoms. The van der Waals surface area contributed by atoms with E-state index in [-0.39, 0.29) is 0 Å². The average molecular weight is 182 g/mol. The van der Waals surface area contributed by atoms with Crippen LogP contribution in [0.25, 0.3) is 0 Å². The van der Waals surface area contributed by atoms with Crippen LogP contribution in [0.4, 0.5) is 0 Å². The van der Waals surface area contributed by atoms with Gasteiger partial charge in [0, 0.05) is 11.8 Å². The molecular formula is C8H10N2OS. The molecule has 0 spiro atoms. The van der Waals surface area contributed by atoms with Gasteiger partial charge in [0.25, 0.3) is 0 Å². The molecule has 4 heteroatoms. The highest BCUT2D eigenvalue weighted by atomic mass is 32.2. The molecule has 1 rings (SSSR count). The first-order valence-electron chi connectivity index (χ1n) is 3.46.